The van der Waals surface area contributed by atoms with Crippen LogP contribution in [0.4, 0.5) is 11.4 Å². The number of halogens is 1. The van der Waals surface area contributed by atoms with Crippen LogP contribution in [0, 0.1) is 11.3 Å². The van der Waals surface area contributed by atoms with Crippen LogP contribution in [0.5, 0.6) is 0 Å². The molecule has 2 fully saturated rings. The highest BCUT2D eigenvalue weighted by atomic mass is 35.5. The fraction of sp³-hybridized carbons (Fsp3) is 0.733. The van der Waals surface area contributed by atoms with Crippen LogP contribution in [0.25, 0.3) is 5.57 Å². The largest absolute Gasteiger partial charge is 0.381 e. The molecule has 1 aromatic rings. The average molecular weight is 504 g/mol. The van der Waals surface area contributed by atoms with Crippen molar-refractivity contribution in [3.63, 3.8) is 0 Å². The molecular formula is C30H50ClN3O. The van der Waals surface area contributed by atoms with Crippen LogP contribution in [0.3, 0.4) is 0 Å². The van der Waals surface area contributed by atoms with Crippen molar-refractivity contribution in [2.75, 3.05) is 62.7 Å². The zero-order valence-electron chi connectivity index (χ0n) is 23.0. The van der Waals surface area contributed by atoms with E-state index in [0.29, 0.717) is 11.5 Å². The van der Waals surface area contributed by atoms with Crippen molar-refractivity contribution in [1.29, 1.82) is 0 Å². The van der Waals surface area contributed by atoms with Crippen molar-refractivity contribution >= 4 is 29.4 Å². The highest BCUT2D eigenvalue weighted by Crippen LogP contribution is 2.45. The predicted octanol–water partition coefficient (Wildman–Crippen LogP) is 6.88. The Morgan fingerprint density at radius 1 is 0.971 bits per heavy atom. The second-order valence-electron chi connectivity index (χ2n) is 11.4. The molecule has 5 heteroatoms. The average Bonchev–Trinajstić information content (AvgIpc) is 2.88. The van der Waals surface area contributed by atoms with Crippen molar-refractivity contribution in [2.45, 2.75) is 78.7 Å². The van der Waals surface area contributed by atoms with E-state index in [1.807, 2.05) is 7.11 Å². The maximum atomic E-state index is 5.62. The number of ether oxygens (including phenoxy) is 1. The molecule has 0 atom stereocenters. The van der Waals surface area contributed by atoms with E-state index in [0.717, 1.165) is 44.9 Å². The van der Waals surface area contributed by atoms with Gasteiger partial charge in [0.25, 0.3) is 0 Å². The van der Waals surface area contributed by atoms with E-state index < -0.39 is 0 Å². The molecule has 2 saturated heterocycles. The number of nitrogens with zero attached hydrogens (tertiary/aromatic N) is 3. The van der Waals surface area contributed by atoms with Crippen molar-refractivity contribution in [3.05, 3.63) is 29.8 Å². The molecule has 4 nitrogen and oxygen atoms in total. The number of piperidine rings is 1. The molecule has 0 unspecified atom stereocenters. The first kappa shape index (κ1) is 28.3. The molecule has 0 spiro atoms. The monoisotopic (exact) mass is 503 g/mol. The van der Waals surface area contributed by atoms with Crippen LogP contribution < -0.4 is 9.80 Å². The van der Waals surface area contributed by atoms with E-state index in [9.17, 15) is 0 Å². The number of allylic oxidation sites excluding steroid dienone is 2. The maximum absolute atomic E-state index is 5.62. The molecule has 198 valence electrons. The standard InChI is InChI=1S/C30H49N3O.ClH/c1-6-30(7-2)14-10-25(11-15-30)28-22-26(32-16-12-27(34-5)13-17-32)8-9-29(28)33-20-18-31(19-21-33)23-24(3)4;/h8-10,22,24,27H,6-7,11-21,23H2,1-5H3;1H. The molecule has 0 amide bonds. The van der Waals surface area contributed by atoms with E-state index >= 15 is 0 Å². The van der Waals surface area contributed by atoms with Crippen molar-refractivity contribution in [2.24, 2.45) is 11.3 Å². The van der Waals surface area contributed by atoms with Gasteiger partial charge in [-0.15, -0.1) is 12.4 Å². The lowest BCUT2D eigenvalue weighted by Crippen LogP contribution is -2.47. The van der Waals surface area contributed by atoms with E-state index in [1.54, 1.807) is 5.57 Å². The number of benzene rings is 1. The lowest BCUT2D eigenvalue weighted by atomic mass is 9.70. The van der Waals surface area contributed by atoms with Crippen LogP contribution in [0.15, 0.2) is 24.3 Å². The molecule has 4 rings (SSSR count). The van der Waals surface area contributed by atoms with Gasteiger partial charge in [-0.3, -0.25) is 4.90 Å². The Morgan fingerprint density at radius 2 is 1.66 bits per heavy atom. The first-order valence-corrected chi connectivity index (χ1v) is 14.1. The quantitative estimate of drug-likeness (QED) is 0.385. The van der Waals surface area contributed by atoms with E-state index in [2.05, 4.69) is 66.7 Å². The summed E-state index contributed by atoms with van der Waals surface area (Å²) in [6.45, 7) is 17.5. The van der Waals surface area contributed by atoms with Crippen LogP contribution in [-0.2, 0) is 4.74 Å². The Bertz CT molecular complexity index is 819. The summed E-state index contributed by atoms with van der Waals surface area (Å²) < 4.78 is 5.62. The van der Waals surface area contributed by atoms with Gasteiger partial charge in [-0.2, -0.15) is 0 Å². The van der Waals surface area contributed by atoms with Crippen LogP contribution >= 0.6 is 12.4 Å². The summed E-state index contributed by atoms with van der Waals surface area (Å²) in [7, 11) is 1.86. The third kappa shape index (κ3) is 6.76. The SMILES string of the molecule is CCC1(CC)CC=C(c2cc(N3CCC(OC)CC3)ccc2N2CCN(CC(C)C)CC2)CC1.Cl. The smallest absolute Gasteiger partial charge is 0.0605 e. The van der Waals surface area contributed by atoms with Crippen molar-refractivity contribution in [3.8, 4) is 0 Å². The number of hydrogen-bond donors (Lipinski definition) is 0. The molecule has 35 heavy (non-hydrogen) atoms. The normalized spacial score (nSPS) is 21.7. The molecule has 0 bridgehead atoms. The van der Waals surface area contributed by atoms with Gasteiger partial charge < -0.3 is 14.5 Å². The van der Waals surface area contributed by atoms with Gasteiger partial charge in [0.2, 0.25) is 0 Å². The molecular weight excluding hydrogens is 454 g/mol. The minimum atomic E-state index is 0. The number of anilines is 2. The fourth-order valence-electron chi connectivity index (χ4n) is 6.37. The van der Waals surface area contributed by atoms with Gasteiger partial charge in [-0.25, -0.2) is 0 Å². The van der Waals surface area contributed by atoms with Crippen molar-refractivity contribution < 1.29 is 4.74 Å². The molecule has 2 heterocycles. The van der Waals surface area contributed by atoms with E-state index in [1.165, 1.54) is 68.7 Å². The zero-order valence-corrected chi connectivity index (χ0v) is 23.8. The second-order valence-corrected chi connectivity index (χ2v) is 11.4. The second kappa shape index (κ2) is 12.8. The summed E-state index contributed by atoms with van der Waals surface area (Å²) in [4.78, 5) is 7.89. The molecule has 0 radical (unpaired) electrons. The van der Waals surface area contributed by atoms with Gasteiger partial charge in [0.15, 0.2) is 0 Å². The third-order valence-corrected chi connectivity index (χ3v) is 9.01. The Labute approximate surface area is 221 Å². The minimum absolute atomic E-state index is 0. The topological polar surface area (TPSA) is 19.0 Å². The Kier molecular flexibility index (Phi) is 10.4. The summed E-state index contributed by atoms with van der Waals surface area (Å²) in [5.74, 6) is 0.744. The summed E-state index contributed by atoms with van der Waals surface area (Å²) >= 11 is 0. The maximum Gasteiger partial charge on any atom is 0.0605 e. The van der Waals surface area contributed by atoms with Crippen LogP contribution in [-0.4, -0.2) is 63.9 Å². The minimum Gasteiger partial charge on any atom is -0.381 e. The van der Waals surface area contributed by atoms with Crippen LogP contribution in [0.2, 0.25) is 0 Å². The van der Waals surface area contributed by atoms with E-state index in [4.69, 9.17) is 4.74 Å². The number of piperazine rings is 1. The zero-order chi connectivity index (χ0) is 24.1. The summed E-state index contributed by atoms with van der Waals surface area (Å²) in [6.07, 6.45) is 11.7. The van der Waals surface area contributed by atoms with Gasteiger partial charge in [-0.1, -0.05) is 46.6 Å². The number of rotatable bonds is 8. The van der Waals surface area contributed by atoms with Gasteiger partial charge in [-0.05, 0) is 67.2 Å². The lowest BCUT2D eigenvalue weighted by Gasteiger charge is -2.40. The molecule has 3 aliphatic rings. The fourth-order valence-corrected chi connectivity index (χ4v) is 6.37. The summed E-state index contributed by atoms with van der Waals surface area (Å²) in [5.41, 5.74) is 6.48. The Balaban J connectivity index is 0.00000342. The highest BCUT2D eigenvalue weighted by Gasteiger charge is 2.30. The number of methoxy groups -OCH3 is 1. The molecule has 2 aliphatic heterocycles. The molecule has 0 aromatic heterocycles. The predicted molar refractivity (Wildman–Crippen MR) is 154 cm³/mol. The van der Waals surface area contributed by atoms with Crippen LogP contribution in [0.1, 0.15) is 78.2 Å². The first-order valence-electron chi connectivity index (χ1n) is 14.1. The highest BCUT2D eigenvalue weighted by molar-refractivity contribution is 5.85. The van der Waals surface area contributed by atoms with Gasteiger partial charge in [0.1, 0.15) is 0 Å². The van der Waals surface area contributed by atoms with E-state index in [-0.39, 0.29) is 12.4 Å². The Morgan fingerprint density at radius 3 is 2.20 bits per heavy atom. The first-order chi connectivity index (χ1) is 16.5. The molecule has 0 saturated carbocycles. The van der Waals surface area contributed by atoms with Gasteiger partial charge >= 0.3 is 0 Å². The summed E-state index contributed by atoms with van der Waals surface area (Å²) in [6, 6.07) is 7.35. The lowest BCUT2D eigenvalue weighted by molar-refractivity contribution is 0.0819. The van der Waals surface area contributed by atoms with Gasteiger partial charge in [0, 0.05) is 69.9 Å². The molecule has 0 N–H and O–H groups in total. The number of hydrogen-bond acceptors (Lipinski definition) is 4. The molecule has 1 aliphatic carbocycles. The van der Waals surface area contributed by atoms with Crippen molar-refractivity contribution in [1.82, 2.24) is 4.90 Å². The Hall–Kier alpha value is -1.23. The summed E-state index contributed by atoms with van der Waals surface area (Å²) in [5, 5.41) is 0. The third-order valence-electron chi connectivity index (χ3n) is 9.01. The molecule has 1 aromatic carbocycles. The van der Waals surface area contributed by atoms with Gasteiger partial charge in [0.05, 0.1) is 6.10 Å².